The van der Waals surface area contributed by atoms with Crippen LogP contribution in [0, 0.1) is 0 Å². The molecular formula is C24H25N3O2. The van der Waals surface area contributed by atoms with Crippen LogP contribution in [-0.4, -0.2) is 31.1 Å². The minimum atomic E-state index is 0.00101. The third kappa shape index (κ3) is 4.40. The molecule has 148 valence electrons. The number of hydrogen-bond donors (Lipinski definition) is 1. The number of carbonyl (C=O) groups is 1. The lowest BCUT2D eigenvalue weighted by Gasteiger charge is -2.29. The lowest BCUT2D eigenvalue weighted by molar-refractivity contribution is 0.0985. The number of methoxy groups -OCH3 is 1. The van der Waals surface area contributed by atoms with E-state index in [0.29, 0.717) is 5.56 Å². The summed E-state index contributed by atoms with van der Waals surface area (Å²) in [5.41, 5.74) is 4.90. The zero-order chi connectivity index (χ0) is 20.1. The van der Waals surface area contributed by atoms with Gasteiger partial charge >= 0.3 is 0 Å². The van der Waals surface area contributed by atoms with E-state index in [1.165, 1.54) is 11.1 Å². The molecule has 1 amide bonds. The van der Waals surface area contributed by atoms with Gasteiger partial charge in [-0.25, -0.2) is 0 Å². The number of amides is 1. The van der Waals surface area contributed by atoms with Gasteiger partial charge in [-0.05, 0) is 54.7 Å². The van der Waals surface area contributed by atoms with E-state index in [1.54, 1.807) is 19.5 Å². The number of nitrogens with one attached hydrogen (secondary N) is 1. The summed E-state index contributed by atoms with van der Waals surface area (Å²) < 4.78 is 5.27. The minimum Gasteiger partial charge on any atom is -0.497 e. The highest BCUT2D eigenvalue weighted by atomic mass is 16.5. The maximum atomic E-state index is 13.1. The van der Waals surface area contributed by atoms with Crippen molar-refractivity contribution in [2.24, 2.45) is 0 Å². The van der Waals surface area contributed by atoms with E-state index in [4.69, 9.17) is 4.74 Å². The van der Waals surface area contributed by atoms with Crippen molar-refractivity contribution in [3.63, 3.8) is 0 Å². The van der Waals surface area contributed by atoms with Gasteiger partial charge in [0.2, 0.25) is 0 Å². The van der Waals surface area contributed by atoms with Crippen LogP contribution >= 0.6 is 0 Å². The molecule has 2 aromatic carbocycles. The first kappa shape index (κ1) is 19.0. The van der Waals surface area contributed by atoms with Crippen molar-refractivity contribution in [3.8, 4) is 5.75 Å². The summed E-state index contributed by atoms with van der Waals surface area (Å²) in [5.74, 6) is 0.861. The van der Waals surface area contributed by atoms with E-state index in [9.17, 15) is 4.79 Å². The third-order valence-electron chi connectivity index (χ3n) is 5.22. The smallest absolute Gasteiger partial charge is 0.259 e. The van der Waals surface area contributed by atoms with E-state index >= 15 is 0 Å². The lowest BCUT2D eigenvalue weighted by atomic mass is 10.0. The molecule has 0 saturated heterocycles. The number of aromatic nitrogens is 1. The van der Waals surface area contributed by atoms with Crippen molar-refractivity contribution < 1.29 is 9.53 Å². The van der Waals surface area contributed by atoms with Crippen LogP contribution in [0.2, 0.25) is 0 Å². The molecule has 1 aliphatic heterocycles. The molecule has 4 rings (SSSR count). The topological polar surface area (TPSA) is 54.5 Å². The van der Waals surface area contributed by atoms with Crippen LogP contribution in [0.3, 0.4) is 0 Å². The van der Waals surface area contributed by atoms with Crippen molar-refractivity contribution in [1.82, 2.24) is 4.98 Å². The number of rotatable bonds is 6. The van der Waals surface area contributed by atoms with Gasteiger partial charge in [0.15, 0.2) is 0 Å². The van der Waals surface area contributed by atoms with Crippen LogP contribution in [0.1, 0.15) is 27.9 Å². The molecule has 1 N–H and O–H groups in total. The number of carbonyl (C=O) groups excluding carboxylic acids is 1. The van der Waals surface area contributed by atoms with Crippen molar-refractivity contribution in [2.45, 2.75) is 19.3 Å². The number of anilines is 2. The molecule has 0 aliphatic carbocycles. The maximum Gasteiger partial charge on any atom is 0.259 e. The van der Waals surface area contributed by atoms with E-state index in [1.807, 2.05) is 47.4 Å². The number of nitrogens with zero attached hydrogens (tertiary/aromatic N) is 2. The Morgan fingerprint density at radius 2 is 2.03 bits per heavy atom. The fourth-order valence-electron chi connectivity index (χ4n) is 3.73. The van der Waals surface area contributed by atoms with E-state index in [-0.39, 0.29) is 5.91 Å². The first-order chi connectivity index (χ1) is 14.2. The van der Waals surface area contributed by atoms with Crippen molar-refractivity contribution in [2.75, 3.05) is 30.4 Å². The summed E-state index contributed by atoms with van der Waals surface area (Å²) in [6.45, 7) is 1.49. The van der Waals surface area contributed by atoms with Crippen molar-refractivity contribution in [3.05, 3.63) is 83.7 Å². The second-order valence-electron chi connectivity index (χ2n) is 7.18. The van der Waals surface area contributed by atoms with Crippen LogP contribution < -0.4 is 15.0 Å². The Morgan fingerprint density at radius 1 is 1.14 bits per heavy atom. The molecule has 0 saturated carbocycles. The third-order valence-corrected chi connectivity index (χ3v) is 5.22. The van der Waals surface area contributed by atoms with Gasteiger partial charge in [0.25, 0.3) is 5.91 Å². The van der Waals surface area contributed by atoms with Crippen LogP contribution in [0.25, 0.3) is 0 Å². The number of para-hydroxylation sites is 1. The van der Waals surface area contributed by atoms with Crippen molar-refractivity contribution >= 4 is 17.3 Å². The monoisotopic (exact) mass is 387 g/mol. The summed E-state index contributed by atoms with van der Waals surface area (Å²) >= 11 is 0. The van der Waals surface area contributed by atoms with Gasteiger partial charge in [0.1, 0.15) is 5.75 Å². The second kappa shape index (κ2) is 8.78. The molecule has 1 aliphatic rings. The second-order valence-corrected chi connectivity index (χ2v) is 7.18. The molecular weight excluding hydrogens is 362 g/mol. The quantitative estimate of drug-likeness (QED) is 0.684. The zero-order valence-corrected chi connectivity index (χ0v) is 16.6. The van der Waals surface area contributed by atoms with Gasteiger partial charge in [-0.2, -0.15) is 0 Å². The number of pyridine rings is 1. The first-order valence-electron chi connectivity index (χ1n) is 9.96. The van der Waals surface area contributed by atoms with Crippen LogP contribution in [0.15, 0.2) is 67.0 Å². The zero-order valence-electron chi connectivity index (χ0n) is 16.6. The average Bonchev–Trinajstić information content (AvgIpc) is 2.78. The minimum absolute atomic E-state index is 0.00101. The molecule has 29 heavy (non-hydrogen) atoms. The largest absolute Gasteiger partial charge is 0.497 e. The Hall–Kier alpha value is -3.34. The first-order valence-corrected chi connectivity index (χ1v) is 9.96. The summed E-state index contributed by atoms with van der Waals surface area (Å²) in [6, 6.07) is 18.1. The van der Waals surface area contributed by atoms with Gasteiger partial charge in [-0.1, -0.05) is 30.3 Å². The van der Waals surface area contributed by atoms with Gasteiger partial charge < -0.3 is 15.0 Å². The molecule has 3 aromatic rings. The Balaban J connectivity index is 1.43. The Bertz CT molecular complexity index is 1000. The molecule has 0 spiro atoms. The van der Waals surface area contributed by atoms with Gasteiger partial charge in [-0.3, -0.25) is 9.78 Å². The number of benzene rings is 2. The molecule has 1 aromatic heterocycles. The van der Waals surface area contributed by atoms with Crippen LogP contribution in [0.5, 0.6) is 5.75 Å². The van der Waals surface area contributed by atoms with E-state index in [2.05, 4.69) is 22.4 Å². The van der Waals surface area contributed by atoms with E-state index < -0.39 is 0 Å². The summed E-state index contributed by atoms with van der Waals surface area (Å²) in [6.07, 6.45) is 6.26. The molecule has 2 heterocycles. The highest BCUT2D eigenvalue weighted by Crippen LogP contribution is 2.28. The summed E-state index contributed by atoms with van der Waals surface area (Å²) in [5, 5.41) is 3.37. The predicted molar refractivity (Wildman–Crippen MR) is 116 cm³/mol. The lowest BCUT2D eigenvalue weighted by Crippen LogP contribution is -2.35. The number of aryl methyl sites for hydroxylation is 1. The highest BCUT2D eigenvalue weighted by molar-refractivity contribution is 6.07. The predicted octanol–water partition coefficient (Wildman–Crippen LogP) is 4.34. The average molecular weight is 387 g/mol. The molecule has 0 radical (unpaired) electrons. The SMILES string of the molecule is COc1cccc(CCNc2cncc(C(=O)N3CCCc4ccccc43)c2)c1. The number of fused-ring (bicyclic) bond motifs is 1. The molecule has 5 nitrogen and oxygen atoms in total. The fourth-order valence-corrected chi connectivity index (χ4v) is 3.73. The van der Waals surface area contributed by atoms with Crippen molar-refractivity contribution in [1.29, 1.82) is 0 Å². The highest BCUT2D eigenvalue weighted by Gasteiger charge is 2.23. The normalized spacial score (nSPS) is 12.9. The standard InChI is InChI=1S/C24H25N3O2/c1-29-22-9-4-6-18(14-22)11-12-26-21-15-20(16-25-17-21)24(28)27-13-5-8-19-7-2-3-10-23(19)27/h2-4,6-7,9-10,14-17,26H,5,8,11-13H2,1H3. The summed E-state index contributed by atoms with van der Waals surface area (Å²) in [4.78, 5) is 19.3. The Labute approximate surface area is 171 Å². The summed E-state index contributed by atoms with van der Waals surface area (Å²) in [7, 11) is 1.67. The Kier molecular flexibility index (Phi) is 5.75. The molecule has 5 heteroatoms. The van der Waals surface area contributed by atoms with Gasteiger partial charge in [0, 0.05) is 31.2 Å². The van der Waals surface area contributed by atoms with Gasteiger partial charge in [0.05, 0.1) is 18.4 Å². The maximum absolute atomic E-state index is 13.1. The molecule has 0 unspecified atom stereocenters. The molecule has 0 fully saturated rings. The number of ether oxygens (including phenoxy) is 1. The molecule has 0 bridgehead atoms. The van der Waals surface area contributed by atoms with E-state index in [0.717, 1.165) is 49.5 Å². The Morgan fingerprint density at radius 3 is 2.93 bits per heavy atom. The van der Waals surface area contributed by atoms with Crippen LogP contribution in [0.4, 0.5) is 11.4 Å². The molecule has 0 atom stereocenters. The van der Waals surface area contributed by atoms with Crippen LogP contribution in [-0.2, 0) is 12.8 Å². The number of hydrogen-bond acceptors (Lipinski definition) is 4. The van der Waals surface area contributed by atoms with Gasteiger partial charge in [-0.15, -0.1) is 0 Å². The fraction of sp³-hybridized carbons (Fsp3) is 0.250.